The lowest BCUT2D eigenvalue weighted by atomic mass is 10.0. The summed E-state index contributed by atoms with van der Waals surface area (Å²) in [5.74, 6) is 0.397. The van der Waals surface area contributed by atoms with E-state index in [9.17, 15) is 9.90 Å². The Morgan fingerprint density at radius 1 is 1.12 bits per heavy atom. The fourth-order valence-corrected chi connectivity index (χ4v) is 4.32. The molecule has 4 nitrogen and oxygen atoms in total. The molecule has 2 aromatic carbocycles. The first-order chi connectivity index (χ1) is 10.8. The van der Waals surface area contributed by atoms with E-state index in [1.165, 1.54) is 0 Å². The molecule has 0 saturated heterocycles. The molecule has 24 heavy (non-hydrogen) atoms. The Balaban J connectivity index is 0.00000288. The summed E-state index contributed by atoms with van der Waals surface area (Å²) in [5, 5.41) is 18.8. The Morgan fingerprint density at radius 2 is 1.71 bits per heavy atom. The van der Waals surface area contributed by atoms with E-state index >= 15 is 0 Å². The standard InChI is InChI=1S/C16H13I3O4.B/c1-8(16(21)22)4-9-2-3-14(11(17)5-9)23-10-6-12(18)15(20)13(19)7-10;/h2-3,5-8,20H,4H2,1H3,(H,21,22);/t8-;/m0./s1. The number of ether oxygens (including phenoxy) is 1. The number of aliphatic carboxylic acids is 1. The van der Waals surface area contributed by atoms with Gasteiger partial charge in [-0.3, -0.25) is 4.79 Å². The maximum Gasteiger partial charge on any atom is 0.306 e. The highest BCUT2D eigenvalue weighted by molar-refractivity contribution is 14.1. The normalized spacial score (nSPS) is 11.5. The van der Waals surface area contributed by atoms with Gasteiger partial charge in [-0.05, 0) is 104 Å². The van der Waals surface area contributed by atoms with Gasteiger partial charge in [0, 0.05) is 8.41 Å². The van der Waals surface area contributed by atoms with Gasteiger partial charge in [0.05, 0.1) is 16.6 Å². The van der Waals surface area contributed by atoms with Gasteiger partial charge in [0.25, 0.3) is 0 Å². The number of phenols is 1. The van der Waals surface area contributed by atoms with Crippen LogP contribution in [0.15, 0.2) is 30.3 Å². The highest BCUT2D eigenvalue weighted by atomic mass is 127. The van der Waals surface area contributed by atoms with Gasteiger partial charge in [0.2, 0.25) is 0 Å². The Kier molecular flexibility index (Phi) is 8.59. The lowest BCUT2D eigenvalue weighted by Crippen LogP contribution is -2.12. The van der Waals surface area contributed by atoms with Crippen LogP contribution in [0.2, 0.25) is 0 Å². The van der Waals surface area contributed by atoms with E-state index < -0.39 is 11.9 Å². The van der Waals surface area contributed by atoms with Gasteiger partial charge >= 0.3 is 5.97 Å². The molecule has 125 valence electrons. The number of carboxylic acids is 1. The molecule has 0 aliphatic heterocycles. The van der Waals surface area contributed by atoms with Crippen LogP contribution < -0.4 is 4.74 Å². The van der Waals surface area contributed by atoms with Gasteiger partial charge in [-0.2, -0.15) is 0 Å². The summed E-state index contributed by atoms with van der Waals surface area (Å²) in [6.07, 6.45) is 0.487. The number of hydrogen-bond acceptors (Lipinski definition) is 3. The molecule has 0 heterocycles. The second-order valence-corrected chi connectivity index (χ2v) is 8.53. The molecule has 3 radical (unpaired) electrons. The van der Waals surface area contributed by atoms with Crippen molar-refractivity contribution in [1.29, 1.82) is 0 Å². The molecule has 8 heteroatoms. The zero-order chi connectivity index (χ0) is 17.1. The maximum atomic E-state index is 10.9. The number of phenolic OH excluding ortho intramolecular Hbond substituents is 1. The fraction of sp³-hybridized carbons (Fsp3) is 0.188. The van der Waals surface area contributed by atoms with Crippen molar-refractivity contribution in [3.05, 3.63) is 46.6 Å². The van der Waals surface area contributed by atoms with E-state index in [-0.39, 0.29) is 14.2 Å². The number of carbonyl (C=O) groups is 1. The predicted octanol–water partition coefficient (Wildman–Crippen LogP) is 4.88. The van der Waals surface area contributed by atoms with Gasteiger partial charge < -0.3 is 14.9 Å². The molecular weight excluding hydrogens is 648 g/mol. The van der Waals surface area contributed by atoms with Gasteiger partial charge in [-0.1, -0.05) is 13.0 Å². The van der Waals surface area contributed by atoms with Crippen molar-refractivity contribution < 1.29 is 19.7 Å². The van der Waals surface area contributed by atoms with Crippen LogP contribution in [0.3, 0.4) is 0 Å². The smallest absolute Gasteiger partial charge is 0.306 e. The molecule has 0 spiro atoms. The molecule has 1 atom stereocenters. The molecule has 2 aromatic rings. The average molecular weight is 661 g/mol. The van der Waals surface area contributed by atoms with E-state index in [2.05, 4.69) is 67.8 Å². The SMILES string of the molecule is C[C@@H](Cc1ccc(Oc2cc(I)c(O)c(I)c2)c(I)c1)C(=O)O.[B]. The van der Waals surface area contributed by atoms with Gasteiger partial charge in [0.1, 0.15) is 17.2 Å². The number of hydrogen-bond donors (Lipinski definition) is 2. The molecule has 0 amide bonds. The number of benzene rings is 2. The Labute approximate surface area is 183 Å². The van der Waals surface area contributed by atoms with E-state index in [4.69, 9.17) is 9.84 Å². The third kappa shape index (κ3) is 5.65. The minimum absolute atomic E-state index is 0. The Bertz CT molecular complexity index is 729. The Hall–Kier alpha value is -0.235. The molecule has 2 N–H and O–H groups in total. The van der Waals surface area contributed by atoms with Crippen LogP contribution in [-0.4, -0.2) is 24.6 Å². The Morgan fingerprint density at radius 3 is 2.21 bits per heavy atom. The third-order valence-electron chi connectivity index (χ3n) is 3.18. The van der Waals surface area contributed by atoms with Crippen LogP contribution >= 0.6 is 67.8 Å². The van der Waals surface area contributed by atoms with Gasteiger partial charge in [0.15, 0.2) is 0 Å². The molecule has 0 aliphatic carbocycles. The van der Waals surface area contributed by atoms with Crippen molar-refractivity contribution in [2.75, 3.05) is 0 Å². The summed E-state index contributed by atoms with van der Waals surface area (Å²) in [4.78, 5) is 10.9. The lowest BCUT2D eigenvalue weighted by molar-refractivity contribution is -0.141. The molecule has 0 saturated carbocycles. The van der Waals surface area contributed by atoms with E-state index in [1.54, 1.807) is 19.1 Å². The van der Waals surface area contributed by atoms with Crippen molar-refractivity contribution in [3.8, 4) is 17.2 Å². The van der Waals surface area contributed by atoms with E-state index in [0.29, 0.717) is 17.9 Å². The quantitative estimate of drug-likeness (QED) is 0.355. The summed E-state index contributed by atoms with van der Waals surface area (Å²) in [5.41, 5.74) is 0.964. The molecular formula is C16H13BI3O4. The van der Waals surface area contributed by atoms with E-state index in [0.717, 1.165) is 16.3 Å². The first-order valence-electron chi connectivity index (χ1n) is 6.65. The monoisotopic (exact) mass is 661 g/mol. The first-order valence-corrected chi connectivity index (χ1v) is 9.88. The molecule has 0 aliphatic rings. The van der Waals surface area contributed by atoms with Crippen molar-refractivity contribution in [2.24, 2.45) is 5.92 Å². The largest absolute Gasteiger partial charge is 0.506 e. The first kappa shape index (κ1) is 21.8. The topological polar surface area (TPSA) is 66.8 Å². The molecule has 0 bridgehead atoms. The summed E-state index contributed by atoms with van der Waals surface area (Å²) >= 11 is 6.29. The maximum absolute atomic E-state index is 10.9. The molecule has 0 unspecified atom stereocenters. The molecule has 2 rings (SSSR count). The van der Waals surface area contributed by atoms with Crippen LogP contribution in [0, 0.1) is 16.6 Å². The summed E-state index contributed by atoms with van der Waals surface area (Å²) in [7, 11) is 0. The summed E-state index contributed by atoms with van der Waals surface area (Å²) < 4.78 is 8.26. The van der Waals surface area contributed by atoms with Crippen LogP contribution in [0.4, 0.5) is 0 Å². The van der Waals surface area contributed by atoms with Crippen molar-refractivity contribution in [2.45, 2.75) is 13.3 Å². The van der Waals surface area contributed by atoms with Crippen LogP contribution in [-0.2, 0) is 11.2 Å². The molecule has 0 fully saturated rings. The van der Waals surface area contributed by atoms with Crippen molar-refractivity contribution >= 4 is 82.2 Å². The highest BCUT2D eigenvalue weighted by Gasteiger charge is 2.13. The highest BCUT2D eigenvalue weighted by Crippen LogP contribution is 2.34. The van der Waals surface area contributed by atoms with Crippen LogP contribution in [0.25, 0.3) is 0 Å². The second kappa shape index (κ2) is 9.46. The minimum Gasteiger partial charge on any atom is -0.506 e. The minimum atomic E-state index is -0.798. The second-order valence-electron chi connectivity index (χ2n) is 5.05. The number of aromatic hydroxyl groups is 1. The summed E-state index contributed by atoms with van der Waals surface area (Å²) in [6.45, 7) is 1.69. The number of carboxylic acid groups (broad SMARTS) is 1. The lowest BCUT2D eigenvalue weighted by Gasteiger charge is -2.12. The number of rotatable bonds is 5. The van der Waals surface area contributed by atoms with Crippen molar-refractivity contribution in [3.63, 3.8) is 0 Å². The summed E-state index contributed by atoms with van der Waals surface area (Å²) in [6, 6.07) is 9.21. The zero-order valence-corrected chi connectivity index (χ0v) is 19.1. The third-order valence-corrected chi connectivity index (χ3v) is 5.67. The average Bonchev–Trinajstić information content (AvgIpc) is 2.47. The van der Waals surface area contributed by atoms with Crippen LogP contribution in [0.5, 0.6) is 17.2 Å². The van der Waals surface area contributed by atoms with Gasteiger partial charge in [-0.25, -0.2) is 0 Å². The fourth-order valence-electron chi connectivity index (χ4n) is 1.92. The van der Waals surface area contributed by atoms with Crippen molar-refractivity contribution in [1.82, 2.24) is 0 Å². The number of halogens is 3. The predicted molar refractivity (Wildman–Crippen MR) is 119 cm³/mol. The van der Waals surface area contributed by atoms with Gasteiger partial charge in [-0.15, -0.1) is 0 Å². The zero-order valence-electron chi connectivity index (χ0n) is 12.6. The van der Waals surface area contributed by atoms with E-state index in [1.807, 2.05) is 18.2 Å². The van der Waals surface area contributed by atoms with Crippen LogP contribution in [0.1, 0.15) is 12.5 Å². The molecule has 0 aromatic heterocycles.